The van der Waals surface area contributed by atoms with E-state index in [9.17, 15) is 4.79 Å². The van der Waals surface area contributed by atoms with Crippen molar-refractivity contribution in [1.29, 1.82) is 0 Å². The Hall–Kier alpha value is -0.370. The largest absolute Gasteiger partial charge is 0.298 e. The summed E-state index contributed by atoms with van der Waals surface area (Å²) < 4.78 is 0. The molecule has 1 saturated heterocycles. The second kappa shape index (κ2) is 6.18. The average Bonchev–Trinajstić information content (AvgIpc) is 2.43. The number of hydrogen-bond acceptors (Lipinski definition) is 2. The SMILES string of the molecule is CCC(=O)CN1CCCC(CC)CC1. The van der Waals surface area contributed by atoms with Crippen LogP contribution in [0.1, 0.15) is 46.0 Å². The molecule has 0 amide bonds. The zero-order valence-corrected chi connectivity index (χ0v) is 9.59. The fourth-order valence-corrected chi connectivity index (χ4v) is 2.15. The third-order valence-electron chi connectivity index (χ3n) is 3.31. The van der Waals surface area contributed by atoms with Gasteiger partial charge in [0.25, 0.3) is 0 Å². The van der Waals surface area contributed by atoms with Gasteiger partial charge in [-0.25, -0.2) is 0 Å². The molecule has 1 aliphatic rings. The third kappa shape index (κ3) is 3.79. The quantitative estimate of drug-likeness (QED) is 0.690. The molecule has 0 radical (unpaired) electrons. The topological polar surface area (TPSA) is 20.3 Å². The van der Waals surface area contributed by atoms with Gasteiger partial charge in [0, 0.05) is 6.42 Å². The summed E-state index contributed by atoms with van der Waals surface area (Å²) in [6, 6.07) is 0. The van der Waals surface area contributed by atoms with Crippen LogP contribution < -0.4 is 0 Å². The Balaban J connectivity index is 2.30. The number of nitrogens with zero attached hydrogens (tertiary/aromatic N) is 1. The van der Waals surface area contributed by atoms with E-state index in [4.69, 9.17) is 0 Å². The van der Waals surface area contributed by atoms with E-state index in [-0.39, 0.29) is 0 Å². The molecule has 1 heterocycles. The molecule has 82 valence electrons. The first-order chi connectivity index (χ1) is 6.76. The van der Waals surface area contributed by atoms with Gasteiger partial charge in [-0.3, -0.25) is 9.69 Å². The maximum Gasteiger partial charge on any atom is 0.146 e. The van der Waals surface area contributed by atoms with Gasteiger partial charge in [-0.2, -0.15) is 0 Å². The number of rotatable bonds is 4. The molecule has 0 aromatic carbocycles. The summed E-state index contributed by atoms with van der Waals surface area (Å²) in [5, 5.41) is 0. The van der Waals surface area contributed by atoms with Crippen molar-refractivity contribution in [1.82, 2.24) is 4.90 Å². The minimum atomic E-state index is 0.389. The molecule has 0 spiro atoms. The molecule has 1 fully saturated rings. The van der Waals surface area contributed by atoms with E-state index in [1.165, 1.54) is 25.7 Å². The van der Waals surface area contributed by atoms with Crippen molar-refractivity contribution in [2.24, 2.45) is 5.92 Å². The second-order valence-electron chi connectivity index (χ2n) is 4.37. The molecular weight excluding hydrogens is 174 g/mol. The Morgan fingerprint density at radius 2 is 2.07 bits per heavy atom. The number of Topliss-reactive ketones (excluding diaryl/α,β-unsaturated/α-hetero) is 1. The molecule has 1 aliphatic heterocycles. The van der Waals surface area contributed by atoms with E-state index in [1.807, 2.05) is 6.92 Å². The maximum absolute atomic E-state index is 11.3. The van der Waals surface area contributed by atoms with Crippen LogP contribution in [0.15, 0.2) is 0 Å². The van der Waals surface area contributed by atoms with Crippen LogP contribution in [0.4, 0.5) is 0 Å². The van der Waals surface area contributed by atoms with Crippen molar-refractivity contribution in [3.05, 3.63) is 0 Å². The second-order valence-corrected chi connectivity index (χ2v) is 4.37. The molecule has 0 aliphatic carbocycles. The molecule has 2 heteroatoms. The fourth-order valence-electron chi connectivity index (χ4n) is 2.15. The van der Waals surface area contributed by atoms with Gasteiger partial charge in [0.1, 0.15) is 5.78 Å². The van der Waals surface area contributed by atoms with Crippen molar-refractivity contribution in [2.75, 3.05) is 19.6 Å². The first-order valence-electron chi connectivity index (χ1n) is 6.00. The van der Waals surface area contributed by atoms with E-state index in [0.29, 0.717) is 18.7 Å². The minimum absolute atomic E-state index is 0.389. The zero-order valence-electron chi connectivity index (χ0n) is 9.59. The molecule has 2 nitrogen and oxygen atoms in total. The van der Waals surface area contributed by atoms with Crippen LogP contribution in [0.2, 0.25) is 0 Å². The highest BCUT2D eigenvalue weighted by Gasteiger charge is 2.16. The smallest absolute Gasteiger partial charge is 0.146 e. The van der Waals surface area contributed by atoms with E-state index < -0.39 is 0 Å². The van der Waals surface area contributed by atoms with Crippen LogP contribution >= 0.6 is 0 Å². The summed E-state index contributed by atoms with van der Waals surface area (Å²) in [6.45, 7) is 7.17. The van der Waals surface area contributed by atoms with E-state index in [1.54, 1.807) is 0 Å². The Kier molecular flexibility index (Phi) is 5.16. The van der Waals surface area contributed by atoms with Gasteiger partial charge in [-0.15, -0.1) is 0 Å². The molecule has 0 aromatic rings. The van der Waals surface area contributed by atoms with Gasteiger partial charge in [-0.05, 0) is 38.3 Å². The molecule has 1 unspecified atom stereocenters. The molecule has 0 N–H and O–H groups in total. The Morgan fingerprint density at radius 3 is 2.71 bits per heavy atom. The Bertz CT molecular complexity index is 179. The van der Waals surface area contributed by atoms with Crippen LogP contribution in [0.3, 0.4) is 0 Å². The number of carbonyl (C=O) groups excluding carboxylic acids is 1. The maximum atomic E-state index is 11.3. The lowest BCUT2D eigenvalue weighted by Crippen LogP contribution is -2.30. The van der Waals surface area contributed by atoms with Gasteiger partial charge < -0.3 is 0 Å². The van der Waals surface area contributed by atoms with Gasteiger partial charge in [-0.1, -0.05) is 20.3 Å². The van der Waals surface area contributed by atoms with E-state index in [0.717, 1.165) is 19.0 Å². The van der Waals surface area contributed by atoms with Crippen molar-refractivity contribution in [3.63, 3.8) is 0 Å². The van der Waals surface area contributed by atoms with Gasteiger partial charge >= 0.3 is 0 Å². The Labute approximate surface area is 87.7 Å². The predicted molar refractivity (Wildman–Crippen MR) is 59.4 cm³/mol. The average molecular weight is 197 g/mol. The standard InChI is InChI=1S/C12H23NO/c1-3-11-6-5-8-13(9-7-11)10-12(14)4-2/h11H,3-10H2,1-2H3. The first kappa shape index (κ1) is 11.7. The summed E-state index contributed by atoms with van der Waals surface area (Å²) >= 11 is 0. The monoisotopic (exact) mass is 197 g/mol. The lowest BCUT2D eigenvalue weighted by molar-refractivity contribution is -0.119. The number of ketones is 1. The van der Waals surface area contributed by atoms with Crippen LogP contribution in [0.5, 0.6) is 0 Å². The number of carbonyl (C=O) groups is 1. The van der Waals surface area contributed by atoms with Gasteiger partial charge in [0.2, 0.25) is 0 Å². The van der Waals surface area contributed by atoms with Crippen LogP contribution in [-0.2, 0) is 4.79 Å². The van der Waals surface area contributed by atoms with Crippen LogP contribution in [0.25, 0.3) is 0 Å². The predicted octanol–water partition coefficient (Wildman–Crippen LogP) is 2.48. The molecule has 14 heavy (non-hydrogen) atoms. The van der Waals surface area contributed by atoms with Crippen LogP contribution in [0, 0.1) is 5.92 Å². The van der Waals surface area contributed by atoms with Gasteiger partial charge in [0.05, 0.1) is 6.54 Å². The zero-order chi connectivity index (χ0) is 10.4. The fraction of sp³-hybridized carbons (Fsp3) is 0.917. The molecular formula is C12H23NO. The summed E-state index contributed by atoms with van der Waals surface area (Å²) in [5.74, 6) is 1.29. The molecule has 0 aromatic heterocycles. The van der Waals surface area contributed by atoms with Gasteiger partial charge in [0.15, 0.2) is 0 Å². The van der Waals surface area contributed by atoms with Crippen molar-refractivity contribution in [3.8, 4) is 0 Å². The highest BCUT2D eigenvalue weighted by molar-refractivity contribution is 5.80. The number of hydrogen-bond donors (Lipinski definition) is 0. The van der Waals surface area contributed by atoms with Crippen LogP contribution in [-0.4, -0.2) is 30.3 Å². The lowest BCUT2D eigenvalue weighted by Gasteiger charge is -2.18. The summed E-state index contributed by atoms with van der Waals surface area (Å²) in [7, 11) is 0. The lowest BCUT2D eigenvalue weighted by atomic mass is 9.98. The highest BCUT2D eigenvalue weighted by atomic mass is 16.1. The summed E-state index contributed by atoms with van der Waals surface area (Å²) in [6.07, 6.45) is 5.90. The molecule has 1 atom stereocenters. The molecule has 0 saturated carbocycles. The third-order valence-corrected chi connectivity index (χ3v) is 3.31. The first-order valence-corrected chi connectivity index (χ1v) is 6.00. The molecule has 0 bridgehead atoms. The van der Waals surface area contributed by atoms with Crippen molar-refractivity contribution in [2.45, 2.75) is 46.0 Å². The van der Waals surface area contributed by atoms with E-state index >= 15 is 0 Å². The Morgan fingerprint density at radius 1 is 1.29 bits per heavy atom. The number of likely N-dealkylation sites (tertiary alicyclic amines) is 1. The minimum Gasteiger partial charge on any atom is -0.298 e. The van der Waals surface area contributed by atoms with Crippen molar-refractivity contribution >= 4 is 5.78 Å². The normalized spacial score (nSPS) is 24.6. The highest BCUT2D eigenvalue weighted by Crippen LogP contribution is 2.19. The van der Waals surface area contributed by atoms with Crippen molar-refractivity contribution < 1.29 is 4.79 Å². The summed E-state index contributed by atoms with van der Waals surface area (Å²) in [4.78, 5) is 13.6. The molecule has 1 rings (SSSR count). The van der Waals surface area contributed by atoms with E-state index in [2.05, 4.69) is 11.8 Å². The summed E-state index contributed by atoms with van der Waals surface area (Å²) in [5.41, 5.74) is 0.